The molecule has 2 rings (SSSR count). The Labute approximate surface area is 82.2 Å². The van der Waals surface area contributed by atoms with E-state index < -0.39 is 11.9 Å². The number of alkyl halides is 3. The van der Waals surface area contributed by atoms with Crippen LogP contribution in [0.5, 0.6) is 5.75 Å². The highest BCUT2D eigenvalue weighted by Gasteiger charge is 2.34. The topological polar surface area (TPSA) is 46.0 Å². The number of aromatic hydroxyl groups is 1. The van der Waals surface area contributed by atoms with E-state index in [4.69, 9.17) is 5.11 Å². The average Bonchev–Trinajstić information content (AvgIpc) is 2.15. The van der Waals surface area contributed by atoms with Gasteiger partial charge < -0.3 is 5.11 Å². The van der Waals surface area contributed by atoms with Crippen molar-refractivity contribution in [1.82, 2.24) is 9.97 Å². The predicted octanol–water partition coefficient (Wildman–Crippen LogP) is 2.35. The Balaban J connectivity index is 2.77. The van der Waals surface area contributed by atoms with E-state index in [9.17, 15) is 13.2 Å². The van der Waals surface area contributed by atoms with Crippen LogP contribution >= 0.6 is 0 Å². The fourth-order valence-corrected chi connectivity index (χ4v) is 1.27. The monoisotopic (exact) mass is 214 g/mol. The summed E-state index contributed by atoms with van der Waals surface area (Å²) in [6.45, 7) is 0. The highest BCUT2D eigenvalue weighted by atomic mass is 19.4. The molecule has 1 aromatic carbocycles. The van der Waals surface area contributed by atoms with Crippen molar-refractivity contribution >= 4 is 10.9 Å². The van der Waals surface area contributed by atoms with Crippen LogP contribution in [0.4, 0.5) is 13.2 Å². The summed E-state index contributed by atoms with van der Waals surface area (Å²) in [4.78, 5) is 6.84. The van der Waals surface area contributed by atoms with E-state index in [0.29, 0.717) is 0 Å². The summed E-state index contributed by atoms with van der Waals surface area (Å²) in [5.74, 6) is -0.130. The van der Waals surface area contributed by atoms with E-state index in [-0.39, 0.29) is 16.7 Å². The number of phenols is 1. The molecule has 0 saturated heterocycles. The number of nitrogens with zero attached hydrogens (tertiary/aromatic N) is 2. The van der Waals surface area contributed by atoms with E-state index in [1.54, 1.807) is 0 Å². The Bertz CT molecular complexity index is 510. The van der Waals surface area contributed by atoms with E-state index in [1.165, 1.54) is 6.07 Å². The zero-order valence-corrected chi connectivity index (χ0v) is 7.28. The molecule has 0 bridgehead atoms. The number of rotatable bonds is 0. The molecular weight excluding hydrogens is 209 g/mol. The van der Waals surface area contributed by atoms with Crippen molar-refractivity contribution in [2.45, 2.75) is 6.18 Å². The molecule has 2 aromatic rings. The zero-order valence-electron chi connectivity index (χ0n) is 7.28. The van der Waals surface area contributed by atoms with Crippen LogP contribution in [0.1, 0.15) is 5.69 Å². The molecule has 0 spiro atoms. The molecule has 0 aliphatic heterocycles. The summed E-state index contributed by atoms with van der Waals surface area (Å²) in [6, 6.07) is 3.47. The van der Waals surface area contributed by atoms with Crippen LogP contribution in [0.15, 0.2) is 24.5 Å². The summed E-state index contributed by atoms with van der Waals surface area (Å²) in [7, 11) is 0. The molecule has 78 valence electrons. The van der Waals surface area contributed by atoms with Crippen molar-refractivity contribution in [2.75, 3.05) is 0 Å². The number of halogens is 3. The van der Waals surface area contributed by atoms with Gasteiger partial charge in [0.25, 0.3) is 0 Å². The third kappa shape index (κ3) is 1.70. The first-order valence-electron chi connectivity index (χ1n) is 3.99. The molecule has 15 heavy (non-hydrogen) atoms. The van der Waals surface area contributed by atoms with Crippen molar-refractivity contribution < 1.29 is 18.3 Å². The lowest BCUT2D eigenvalue weighted by atomic mass is 10.2. The van der Waals surface area contributed by atoms with Gasteiger partial charge in [0.15, 0.2) is 5.69 Å². The molecule has 1 N–H and O–H groups in total. The van der Waals surface area contributed by atoms with E-state index in [2.05, 4.69) is 9.97 Å². The Morgan fingerprint density at radius 2 is 1.87 bits per heavy atom. The second kappa shape index (κ2) is 3.08. The summed E-state index contributed by atoms with van der Waals surface area (Å²) in [6.07, 6.45) is -3.69. The van der Waals surface area contributed by atoms with Crippen molar-refractivity contribution in [3.63, 3.8) is 0 Å². The molecule has 1 heterocycles. The lowest BCUT2D eigenvalue weighted by molar-refractivity contribution is -0.139. The minimum absolute atomic E-state index is 0.0670. The van der Waals surface area contributed by atoms with Crippen LogP contribution in [-0.4, -0.2) is 15.1 Å². The van der Waals surface area contributed by atoms with Crippen LogP contribution in [0.25, 0.3) is 10.9 Å². The smallest absolute Gasteiger partial charge is 0.434 e. The molecule has 0 aliphatic rings. The van der Waals surface area contributed by atoms with Crippen molar-refractivity contribution in [1.29, 1.82) is 0 Å². The molecule has 0 radical (unpaired) electrons. The van der Waals surface area contributed by atoms with Crippen LogP contribution in [0.2, 0.25) is 0 Å². The normalized spacial score (nSPS) is 11.9. The molecule has 3 nitrogen and oxygen atoms in total. The molecule has 0 atom stereocenters. The Morgan fingerprint density at radius 3 is 2.53 bits per heavy atom. The predicted molar refractivity (Wildman–Crippen MR) is 46.2 cm³/mol. The lowest BCUT2D eigenvalue weighted by Gasteiger charge is -2.08. The number of benzene rings is 1. The maximum absolute atomic E-state index is 12.5. The van der Waals surface area contributed by atoms with Crippen LogP contribution < -0.4 is 0 Å². The van der Waals surface area contributed by atoms with E-state index in [0.717, 1.165) is 18.5 Å². The molecule has 0 amide bonds. The van der Waals surface area contributed by atoms with Gasteiger partial charge in [0.1, 0.15) is 12.1 Å². The minimum atomic E-state index is -4.52. The fourth-order valence-electron chi connectivity index (χ4n) is 1.27. The van der Waals surface area contributed by atoms with Gasteiger partial charge in [-0.05, 0) is 12.1 Å². The summed E-state index contributed by atoms with van der Waals surface area (Å²) in [5.41, 5.74) is -0.926. The largest absolute Gasteiger partial charge is 0.508 e. The van der Waals surface area contributed by atoms with Gasteiger partial charge in [0, 0.05) is 11.5 Å². The molecule has 1 aromatic heterocycles. The van der Waals surface area contributed by atoms with Crippen LogP contribution in [-0.2, 0) is 6.18 Å². The first-order valence-corrected chi connectivity index (χ1v) is 3.99. The summed E-state index contributed by atoms with van der Waals surface area (Å²) in [5, 5.41) is 8.96. The summed E-state index contributed by atoms with van der Waals surface area (Å²) < 4.78 is 37.4. The number of fused-ring (bicyclic) bond motifs is 1. The quantitative estimate of drug-likeness (QED) is 0.732. The molecule has 0 unspecified atom stereocenters. The number of hydrogen-bond acceptors (Lipinski definition) is 3. The highest BCUT2D eigenvalue weighted by Crippen LogP contribution is 2.32. The van der Waals surface area contributed by atoms with E-state index >= 15 is 0 Å². The van der Waals surface area contributed by atoms with Gasteiger partial charge >= 0.3 is 6.18 Å². The lowest BCUT2D eigenvalue weighted by Crippen LogP contribution is -2.08. The Hall–Kier alpha value is -1.85. The van der Waals surface area contributed by atoms with Crippen LogP contribution in [0.3, 0.4) is 0 Å². The third-order valence-corrected chi connectivity index (χ3v) is 1.89. The van der Waals surface area contributed by atoms with Gasteiger partial charge in [-0.3, -0.25) is 0 Å². The van der Waals surface area contributed by atoms with Crippen LogP contribution in [0, 0.1) is 0 Å². The third-order valence-electron chi connectivity index (χ3n) is 1.89. The first kappa shape index (κ1) is 9.70. The van der Waals surface area contributed by atoms with Gasteiger partial charge in [-0.2, -0.15) is 13.2 Å². The second-order valence-corrected chi connectivity index (χ2v) is 2.92. The fraction of sp³-hybridized carbons (Fsp3) is 0.111. The highest BCUT2D eigenvalue weighted by molar-refractivity contribution is 5.82. The van der Waals surface area contributed by atoms with Gasteiger partial charge in [0.2, 0.25) is 0 Å². The van der Waals surface area contributed by atoms with Gasteiger partial charge in [0.05, 0.1) is 5.52 Å². The van der Waals surface area contributed by atoms with Crippen molar-refractivity contribution in [2.24, 2.45) is 0 Å². The molecule has 0 fully saturated rings. The number of aromatic nitrogens is 2. The minimum Gasteiger partial charge on any atom is -0.508 e. The Kier molecular flexibility index (Phi) is 1.99. The summed E-state index contributed by atoms with van der Waals surface area (Å²) >= 11 is 0. The Morgan fingerprint density at radius 1 is 1.13 bits per heavy atom. The van der Waals surface area contributed by atoms with Crippen molar-refractivity contribution in [3.05, 3.63) is 30.2 Å². The zero-order chi connectivity index (χ0) is 11.1. The first-order chi connectivity index (χ1) is 6.98. The SMILES string of the molecule is Oc1ccc2c(C(F)(F)F)ncnc2c1. The maximum Gasteiger partial charge on any atom is 0.434 e. The van der Waals surface area contributed by atoms with Crippen molar-refractivity contribution in [3.8, 4) is 5.75 Å². The van der Waals surface area contributed by atoms with Gasteiger partial charge in [-0.15, -0.1) is 0 Å². The molecular formula is C9H5F3N2O. The number of hydrogen-bond donors (Lipinski definition) is 1. The number of phenolic OH excluding ortho intramolecular Hbond substituents is 1. The molecule has 0 saturated carbocycles. The van der Waals surface area contributed by atoms with Gasteiger partial charge in [-0.1, -0.05) is 0 Å². The van der Waals surface area contributed by atoms with Gasteiger partial charge in [-0.25, -0.2) is 9.97 Å². The molecule has 6 heteroatoms. The van der Waals surface area contributed by atoms with E-state index in [1.807, 2.05) is 0 Å². The second-order valence-electron chi connectivity index (χ2n) is 2.92. The maximum atomic E-state index is 12.5. The standard InChI is InChI=1S/C9H5F3N2O/c10-9(11,12)8-6-2-1-5(15)3-7(6)13-4-14-8/h1-4,15H. The average molecular weight is 214 g/mol. The molecule has 0 aliphatic carbocycles.